The first kappa shape index (κ1) is 13.0. The van der Waals surface area contributed by atoms with E-state index in [0.717, 1.165) is 25.7 Å². The highest BCUT2D eigenvalue weighted by atomic mass is 19.2. The van der Waals surface area contributed by atoms with Crippen LogP contribution < -0.4 is 10.2 Å². The third-order valence-electron chi connectivity index (χ3n) is 3.33. The largest absolute Gasteiger partial charge is 0.337 e. The van der Waals surface area contributed by atoms with Crippen LogP contribution in [0.3, 0.4) is 0 Å². The second-order valence-corrected chi connectivity index (χ2v) is 4.89. The van der Waals surface area contributed by atoms with Crippen molar-refractivity contribution in [2.45, 2.75) is 13.0 Å². The molecule has 1 atom stereocenters. The van der Waals surface area contributed by atoms with E-state index >= 15 is 0 Å². The monoisotopic (exact) mass is 279 g/mol. The lowest BCUT2D eigenvalue weighted by atomic mass is 10.2. The van der Waals surface area contributed by atoms with Crippen molar-refractivity contribution >= 4 is 5.95 Å². The summed E-state index contributed by atoms with van der Waals surface area (Å²) < 4.78 is 26.9. The molecule has 0 amide bonds. The Morgan fingerprint density at radius 1 is 1.35 bits per heavy atom. The SMILES string of the molecule is C[C@@H]1CN(c2n[nH]c(-c3cccc(F)c3F)n2)CCN1. The minimum atomic E-state index is -0.913. The molecule has 1 fully saturated rings. The first-order chi connectivity index (χ1) is 9.65. The lowest BCUT2D eigenvalue weighted by Gasteiger charge is -2.30. The average molecular weight is 279 g/mol. The molecule has 2 heterocycles. The van der Waals surface area contributed by atoms with Crippen LogP contribution in [0.15, 0.2) is 18.2 Å². The number of hydrogen-bond acceptors (Lipinski definition) is 4. The molecule has 2 N–H and O–H groups in total. The maximum atomic E-state index is 13.7. The molecule has 0 spiro atoms. The first-order valence-corrected chi connectivity index (χ1v) is 6.50. The summed E-state index contributed by atoms with van der Waals surface area (Å²) in [6, 6.07) is 4.34. The molecule has 1 aromatic carbocycles. The lowest BCUT2D eigenvalue weighted by molar-refractivity contribution is 0.480. The summed E-state index contributed by atoms with van der Waals surface area (Å²) >= 11 is 0. The topological polar surface area (TPSA) is 56.8 Å². The summed E-state index contributed by atoms with van der Waals surface area (Å²) in [6.07, 6.45) is 0. The Kier molecular flexibility index (Phi) is 3.35. The second-order valence-electron chi connectivity index (χ2n) is 4.89. The summed E-state index contributed by atoms with van der Waals surface area (Å²) in [5.74, 6) is -1.06. The number of anilines is 1. The zero-order valence-electron chi connectivity index (χ0n) is 11.0. The molecular weight excluding hydrogens is 264 g/mol. The summed E-state index contributed by atoms with van der Waals surface area (Å²) in [4.78, 5) is 6.28. The lowest BCUT2D eigenvalue weighted by Crippen LogP contribution is -2.49. The van der Waals surface area contributed by atoms with Gasteiger partial charge in [-0.15, -0.1) is 5.10 Å². The molecule has 7 heteroatoms. The molecule has 1 saturated heterocycles. The standard InChI is InChI=1S/C13H15F2N5/c1-8-7-20(6-5-16-8)13-17-12(18-19-13)9-3-2-4-10(14)11(9)15/h2-4,8,16H,5-7H2,1H3,(H,17,18,19)/t8-/m1/s1. The number of halogens is 2. The summed E-state index contributed by atoms with van der Waals surface area (Å²) in [5.41, 5.74) is 0.0898. The molecule has 0 bridgehead atoms. The number of piperazine rings is 1. The van der Waals surface area contributed by atoms with Crippen molar-refractivity contribution in [1.29, 1.82) is 0 Å². The fraction of sp³-hybridized carbons (Fsp3) is 0.385. The second kappa shape index (κ2) is 5.16. The molecular formula is C13H15F2N5. The quantitative estimate of drug-likeness (QED) is 0.875. The molecule has 0 radical (unpaired) electrons. The molecule has 1 aliphatic rings. The van der Waals surface area contributed by atoms with E-state index < -0.39 is 11.6 Å². The van der Waals surface area contributed by atoms with Crippen molar-refractivity contribution in [3.8, 4) is 11.4 Å². The van der Waals surface area contributed by atoms with Crippen molar-refractivity contribution in [3.63, 3.8) is 0 Å². The summed E-state index contributed by atoms with van der Waals surface area (Å²) in [5, 5.41) is 10.1. The van der Waals surface area contributed by atoms with Crippen molar-refractivity contribution < 1.29 is 8.78 Å². The van der Waals surface area contributed by atoms with E-state index in [0.29, 0.717) is 12.0 Å². The fourth-order valence-electron chi connectivity index (χ4n) is 2.32. The van der Waals surface area contributed by atoms with Crippen molar-refractivity contribution in [2.75, 3.05) is 24.5 Å². The van der Waals surface area contributed by atoms with Crippen molar-refractivity contribution in [1.82, 2.24) is 20.5 Å². The van der Waals surface area contributed by atoms with Gasteiger partial charge in [0.1, 0.15) is 0 Å². The minimum Gasteiger partial charge on any atom is -0.337 e. The Hall–Kier alpha value is -2.02. The van der Waals surface area contributed by atoms with Gasteiger partial charge in [-0.2, -0.15) is 4.98 Å². The van der Waals surface area contributed by atoms with Crippen LogP contribution in [0, 0.1) is 11.6 Å². The predicted molar refractivity (Wildman–Crippen MR) is 71.4 cm³/mol. The van der Waals surface area contributed by atoms with Gasteiger partial charge >= 0.3 is 0 Å². The Labute approximate surface area is 115 Å². The maximum Gasteiger partial charge on any atom is 0.245 e. The molecule has 20 heavy (non-hydrogen) atoms. The van der Waals surface area contributed by atoms with E-state index in [-0.39, 0.29) is 11.4 Å². The number of benzene rings is 1. The number of nitrogens with one attached hydrogen (secondary N) is 2. The fourth-order valence-corrected chi connectivity index (χ4v) is 2.32. The van der Waals surface area contributed by atoms with Crippen LogP contribution in [0.25, 0.3) is 11.4 Å². The van der Waals surface area contributed by atoms with Crippen LogP contribution >= 0.6 is 0 Å². The van der Waals surface area contributed by atoms with Gasteiger partial charge in [0.05, 0.1) is 5.56 Å². The number of nitrogens with zero attached hydrogens (tertiary/aromatic N) is 3. The Balaban J connectivity index is 1.88. The van der Waals surface area contributed by atoms with Crippen LogP contribution in [0.2, 0.25) is 0 Å². The van der Waals surface area contributed by atoms with Gasteiger partial charge in [-0.1, -0.05) is 6.07 Å². The molecule has 0 saturated carbocycles. The molecule has 1 aliphatic heterocycles. The molecule has 0 unspecified atom stereocenters. The van der Waals surface area contributed by atoms with Crippen LogP contribution in [0.1, 0.15) is 6.92 Å². The van der Waals surface area contributed by atoms with Gasteiger partial charge in [0, 0.05) is 25.7 Å². The molecule has 106 valence electrons. The van der Waals surface area contributed by atoms with E-state index in [1.165, 1.54) is 12.1 Å². The van der Waals surface area contributed by atoms with E-state index in [2.05, 4.69) is 27.4 Å². The summed E-state index contributed by atoms with van der Waals surface area (Å²) in [7, 11) is 0. The van der Waals surface area contributed by atoms with Gasteiger partial charge in [-0.25, -0.2) is 8.78 Å². The molecule has 1 aromatic heterocycles. The number of hydrogen-bond donors (Lipinski definition) is 2. The molecule has 0 aliphatic carbocycles. The van der Waals surface area contributed by atoms with Crippen LogP contribution in [-0.4, -0.2) is 40.9 Å². The Bertz CT molecular complexity index is 613. The zero-order chi connectivity index (χ0) is 14.1. The van der Waals surface area contributed by atoms with E-state index in [9.17, 15) is 8.78 Å². The zero-order valence-corrected chi connectivity index (χ0v) is 11.0. The third kappa shape index (κ3) is 2.36. The van der Waals surface area contributed by atoms with Crippen molar-refractivity contribution in [3.05, 3.63) is 29.8 Å². The van der Waals surface area contributed by atoms with Gasteiger partial charge in [0.15, 0.2) is 17.5 Å². The van der Waals surface area contributed by atoms with Gasteiger partial charge in [-0.3, -0.25) is 5.10 Å². The predicted octanol–water partition coefficient (Wildman–Crippen LogP) is 1.55. The number of H-pyrrole nitrogens is 1. The smallest absolute Gasteiger partial charge is 0.245 e. The molecule has 5 nitrogen and oxygen atoms in total. The Morgan fingerprint density at radius 3 is 3.00 bits per heavy atom. The highest BCUT2D eigenvalue weighted by molar-refractivity contribution is 5.57. The van der Waals surface area contributed by atoms with Crippen LogP contribution in [0.5, 0.6) is 0 Å². The van der Waals surface area contributed by atoms with Gasteiger partial charge < -0.3 is 10.2 Å². The van der Waals surface area contributed by atoms with Gasteiger partial charge in [-0.05, 0) is 19.1 Å². The maximum absolute atomic E-state index is 13.7. The van der Waals surface area contributed by atoms with Gasteiger partial charge in [0.2, 0.25) is 5.95 Å². The average Bonchev–Trinajstić information content (AvgIpc) is 2.91. The van der Waals surface area contributed by atoms with Crippen LogP contribution in [-0.2, 0) is 0 Å². The van der Waals surface area contributed by atoms with E-state index in [4.69, 9.17) is 0 Å². The van der Waals surface area contributed by atoms with Gasteiger partial charge in [0.25, 0.3) is 0 Å². The number of rotatable bonds is 2. The summed E-state index contributed by atoms with van der Waals surface area (Å²) in [6.45, 7) is 4.49. The van der Waals surface area contributed by atoms with Crippen molar-refractivity contribution in [2.24, 2.45) is 0 Å². The number of aromatic nitrogens is 3. The van der Waals surface area contributed by atoms with E-state index in [1.807, 2.05) is 4.90 Å². The highest BCUT2D eigenvalue weighted by Gasteiger charge is 2.20. The number of aromatic amines is 1. The van der Waals surface area contributed by atoms with Crippen LogP contribution in [0.4, 0.5) is 14.7 Å². The Morgan fingerprint density at radius 2 is 2.20 bits per heavy atom. The third-order valence-corrected chi connectivity index (χ3v) is 3.33. The molecule has 2 aromatic rings. The first-order valence-electron chi connectivity index (χ1n) is 6.50. The normalized spacial score (nSPS) is 19.4. The van der Waals surface area contributed by atoms with E-state index in [1.54, 1.807) is 0 Å². The minimum absolute atomic E-state index is 0.0898. The molecule has 3 rings (SSSR count). The highest BCUT2D eigenvalue weighted by Crippen LogP contribution is 2.22.